The van der Waals surface area contributed by atoms with Gasteiger partial charge >= 0.3 is 6.03 Å². The van der Waals surface area contributed by atoms with Crippen molar-refractivity contribution in [1.82, 2.24) is 20.2 Å². The Hall–Kier alpha value is -3.67. The topological polar surface area (TPSA) is 67.3 Å². The van der Waals surface area contributed by atoms with E-state index < -0.39 is 0 Å². The molecule has 1 aliphatic heterocycles. The van der Waals surface area contributed by atoms with Gasteiger partial charge in [-0.05, 0) is 49.4 Å². The van der Waals surface area contributed by atoms with Crippen LogP contribution in [0.1, 0.15) is 42.0 Å². The predicted molar refractivity (Wildman–Crippen MR) is 128 cm³/mol. The first kappa shape index (κ1) is 21.2. The molecule has 2 amide bonds. The number of aryl methyl sites for hydroxylation is 1. The van der Waals surface area contributed by atoms with Gasteiger partial charge in [-0.3, -0.25) is 4.98 Å². The molecule has 2 aliphatic rings. The number of rotatable bonds is 5. The maximum Gasteiger partial charge on any atom is 0.317 e. The van der Waals surface area contributed by atoms with Crippen LogP contribution in [0.2, 0.25) is 0 Å². The van der Waals surface area contributed by atoms with Gasteiger partial charge in [0.25, 0.3) is 0 Å². The van der Waals surface area contributed by atoms with Crippen LogP contribution in [0.15, 0.2) is 72.6 Å². The summed E-state index contributed by atoms with van der Waals surface area (Å²) >= 11 is 0. The number of nitrogens with zero attached hydrogens (tertiary/aromatic N) is 3. The van der Waals surface area contributed by atoms with Crippen LogP contribution in [0.25, 0.3) is 6.08 Å². The minimum atomic E-state index is 0.0621. The normalized spacial score (nSPS) is 19.7. The summed E-state index contributed by atoms with van der Waals surface area (Å²) in [4.78, 5) is 23.1. The fourth-order valence-corrected chi connectivity index (χ4v) is 4.27. The number of hydrogen-bond acceptors (Lipinski definition) is 4. The number of urea groups is 1. The highest BCUT2D eigenvalue weighted by Gasteiger charge is 2.40. The number of carbonyl (C=O) groups is 1. The van der Waals surface area contributed by atoms with E-state index in [-0.39, 0.29) is 12.1 Å². The Morgan fingerprint density at radius 3 is 2.64 bits per heavy atom. The van der Waals surface area contributed by atoms with Crippen LogP contribution < -0.4 is 10.1 Å². The first-order chi connectivity index (χ1) is 16.1. The van der Waals surface area contributed by atoms with E-state index in [2.05, 4.69) is 51.7 Å². The molecule has 1 saturated heterocycles. The summed E-state index contributed by atoms with van der Waals surface area (Å²) in [5, 5.41) is 3.21. The summed E-state index contributed by atoms with van der Waals surface area (Å²) in [6, 6.07) is 18.7. The maximum absolute atomic E-state index is 12.7. The van der Waals surface area contributed by atoms with Gasteiger partial charge in [-0.15, -0.1) is 0 Å². The number of hydrogen-bond donors (Lipinski definition) is 1. The van der Waals surface area contributed by atoms with Gasteiger partial charge in [-0.1, -0.05) is 54.1 Å². The number of aromatic nitrogens is 2. The first-order valence-electron chi connectivity index (χ1n) is 11.5. The third-order valence-electron chi connectivity index (χ3n) is 6.23. The van der Waals surface area contributed by atoms with Crippen LogP contribution in [0.4, 0.5) is 4.79 Å². The standard InChI is InChI=1S/C27H28N4O2/c1-19-17-29-26(18-28-19)33-23-9-5-6-21(15-23)14-20-10-12-31(13-11-20)27(32)30-25-16-24(25)22-7-3-2-4-8-22/h2-9,14-15,17-18,24-25H,10-13,16H2,1H3,(H,30,32)/t24-,25+/m0/s1. The molecule has 2 heterocycles. The monoisotopic (exact) mass is 440 g/mol. The van der Waals surface area contributed by atoms with E-state index in [0.717, 1.165) is 49.4 Å². The van der Waals surface area contributed by atoms with Gasteiger partial charge in [0, 0.05) is 25.0 Å². The van der Waals surface area contributed by atoms with E-state index in [1.807, 2.05) is 36.1 Å². The van der Waals surface area contributed by atoms with Crippen molar-refractivity contribution in [2.75, 3.05) is 13.1 Å². The summed E-state index contributed by atoms with van der Waals surface area (Å²) in [5.74, 6) is 1.67. The Labute approximate surface area is 194 Å². The predicted octanol–water partition coefficient (Wildman–Crippen LogP) is 5.32. The number of piperidine rings is 1. The Kier molecular flexibility index (Phi) is 6.07. The fourth-order valence-electron chi connectivity index (χ4n) is 4.27. The van der Waals surface area contributed by atoms with Crippen molar-refractivity contribution < 1.29 is 9.53 Å². The van der Waals surface area contributed by atoms with Gasteiger partial charge in [-0.25, -0.2) is 9.78 Å². The number of carbonyl (C=O) groups excluding carboxylic acids is 1. The molecule has 168 valence electrons. The largest absolute Gasteiger partial charge is 0.437 e. The second-order valence-corrected chi connectivity index (χ2v) is 8.77. The molecule has 2 atom stereocenters. The second kappa shape index (κ2) is 9.45. The zero-order valence-corrected chi connectivity index (χ0v) is 18.8. The molecule has 0 unspecified atom stereocenters. The molecule has 6 nitrogen and oxygen atoms in total. The molecule has 2 aromatic carbocycles. The minimum absolute atomic E-state index is 0.0621. The highest BCUT2D eigenvalue weighted by molar-refractivity contribution is 5.75. The first-order valence-corrected chi connectivity index (χ1v) is 11.5. The average Bonchev–Trinajstić information content (AvgIpc) is 3.61. The summed E-state index contributed by atoms with van der Waals surface area (Å²) in [7, 11) is 0. The SMILES string of the molecule is Cc1cnc(Oc2cccc(C=C3CCN(C(=O)N[C@@H]4C[C@H]4c4ccccc4)CC3)c2)cn1. The summed E-state index contributed by atoms with van der Waals surface area (Å²) in [5.41, 5.74) is 4.60. The number of ether oxygens (including phenoxy) is 1. The van der Waals surface area contributed by atoms with E-state index >= 15 is 0 Å². The van der Waals surface area contributed by atoms with Crippen molar-refractivity contribution in [3.8, 4) is 11.6 Å². The smallest absolute Gasteiger partial charge is 0.317 e. The Morgan fingerprint density at radius 2 is 1.88 bits per heavy atom. The fraction of sp³-hybridized carbons (Fsp3) is 0.296. The van der Waals surface area contributed by atoms with Gasteiger partial charge in [0.2, 0.25) is 5.88 Å². The lowest BCUT2D eigenvalue weighted by Crippen LogP contribution is -2.44. The third kappa shape index (κ3) is 5.40. The molecule has 1 N–H and O–H groups in total. The van der Waals surface area contributed by atoms with Crippen LogP contribution in [-0.4, -0.2) is 40.0 Å². The highest BCUT2D eigenvalue weighted by atomic mass is 16.5. The molecule has 0 bridgehead atoms. The lowest BCUT2D eigenvalue weighted by atomic mass is 10.0. The van der Waals surface area contributed by atoms with Crippen LogP contribution in [0.5, 0.6) is 11.6 Å². The number of nitrogens with one attached hydrogen (secondary N) is 1. The molecular formula is C27H28N4O2. The lowest BCUT2D eigenvalue weighted by Gasteiger charge is -2.28. The van der Waals surface area contributed by atoms with Gasteiger partial charge in [0.05, 0.1) is 18.1 Å². The van der Waals surface area contributed by atoms with Crippen molar-refractivity contribution >= 4 is 12.1 Å². The van der Waals surface area contributed by atoms with Crippen LogP contribution in [0, 0.1) is 6.92 Å². The number of likely N-dealkylation sites (tertiary alicyclic amines) is 1. The van der Waals surface area contributed by atoms with Crippen LogP contribution >= 0.6 is 0 Å². The van der Waals surface area contributed by atoms with Crippen molar-refractivity contribution in [2.24, 2.45) is 0 Å². The van der Waals surface area contributed by atoms with Crippen molar-refractivity contribution in [3.05, 3.63) is 89.4 Å². The molecule has 5 rings (SSSR count). The maximum atomic E-state index is 12.7. The van der Waals surface area contributed by atoms with Crippen molar-refractivity contribution in [3.63, 3.8) is 0 Å². The molecule has 6 heteroatoms. The van der Waals surface area contributed by atoms with Gasteiger partial charge in [-0.2, -0.15) is 0 Å². The van der Waals surface area contributed by atoms with E-state index in [1.54, 1.807) is 12.4 Å². The van der Waals surface area contributed by atoms with Crippen LogP contribution in [0.3, 0.4) is 0 Å². The highest BCUT2D eigenvalue weighted by Crippen LogP contribution is 2.40. The van der Waals surface area contributed by atoms with E-state index in [9.17, 15) is 4.79 Å². The molecule has 1 aliphatic carbocycles. The zero-order valence-electron chi connectivity index (χ0n) is 18.8. The van der Waals surface area contributed by atoms with Gasteiger partial charge in [0.1, 0.15) is 5.75 Å². The molecular weight excluding hydrogens is 412 g/mol. The Morgan fingerprint density at radius 1 is 1.06 bits per heavy atom. The van der Waals surface area contributed by atoms with Gasteiger partial charge < -0.3 is 15.0 Å². The quantitative estimate of drug-likeness (QED) is 0.583. The summed E-state index contributed by atoms with van der Waals surface area (Å²) < 4.78 is 5.83. The molecule has 2 fully saturated rings. The lowest BCUT2D eigenvalue weighted by molar-refractivity contribution is 0.193. The van der Waals surface area contributed by atoms with E-state index in [1.165, 1.54) is 11.1 Å². The molecule has 1 saturated carbocycles. The molecule has 0 radical (unpaired) electrons. The van der Waals surface area contributed by atoms with E-state index in [4.69, 9.17) is 4.74 Å². The van der Waals surface area contributed by atoms with Crippen molar-refractivity contribution in [2.45, 2.75) is 38.1 Å². The second-order valence-electron chi connectivity index (χ2n) is 8.77. The molecule has 1 aromatic heterocycles. The Balaban J connectivity index is 1.13. The molecule has 33 heavy (non-hydrogen) atoms. The van der Waals surface area contributed by atoms with E-state index in [0.29, 0.717) is 11.8 Å². The average molecular weight is 441 g/mol. The van der Waals surface area contributed by atoms with Gasteiger partial charge in [0.15, 0.2) is 0 Å². The number of benzene rings is 2. The number of amides is 2. The van der Waals surface area contributed by atoms with Crippen LogP contribution in [-0.2, 0) is 0 Å². The van der Waals surface area contributed by atoms with Crippen molar-refractivity contribution in [1.29, 1.82) is 0 Å². The third-order valence-corrected chi connectivity index (χ3v) is 6.23. The zero-order chi connectivity index (χ0) is 22.6. The molecule has 3 aromatic rings. The Bertz CT molecular complexity index is 1130. The minimum Gasteiger partial charge on any atom is -0.437 e. The molecule has 0 spiro atoms. The summed E-state index contributed by atoms with van der Waals surface area (Å²) in [6.07, 6.45) is 8.32. The summed E-state index contributed by atoms with van der Waals surface area (Å²) in [6.45, 7) is 3.39.